The molecule has 0 aliphatic carbocycles. The number of carbonyl (C=O) groups is 1. The van der Waals surface area contributed by atoms with Crippen molar-refractivity contribution in [2.45, 2.75) is 25.8 Å². The lowest BCUT2D eigenvalue weighted by Crippen LogP contribution is -2.55. The van der Waals surface area contributed by atoms with Gasteiger partial charge < -0.3 is 16.3 Å². The molecular weight excluding hydrogens is 222 g/mol. The number of aromatic nitrogens is 2. The van der Waals surface area contributed by atoms with Crippen LogP contribution in [0.2, 0.25) is 0 Å². The molecule has 0 radical (unpaired) electrons. The highest BCUT2D eigenvalue weighted by atomic mass is 16.4. The topological polar surface area (TPSA) is 106 Å². The Morgan fingerprint density at radius 1 is 1.76 bits per heavy atom. The van der Waals surface area contributed by atoms with Gasteiger partial charge in [-0.05, 0) is 19.4 Å². The van der Waals surface area contributed by atoms with Gasteiger partial charge >= 0.3 is 0 Å². The first-order valence-electron chi connectivity index (χ1n) is 5.23. The van der Waals surface area contributed by atoms with Crippen LogP contribution in [0.25, 0.3) is 0 Å². The fraction of sp³-hybridized carbons (Fsp3) is 0.500. The van der Waals surface area contributed by atoms with E-state index in [9.17, 15) is 4.79 Å². The lowest BCUT2D eigenvalue weighted by atomic mass is 9.97. The van der Waals surface area contributed by atoms with Crippen molar-refractivity contribution < 1.29 is 10.0 Å². The van der Waals surface area contributed by atoms with Crippen molar-refractivity contribution in [2.24, 2.45) is 17.9 Å². The molecule has 1 atom stereocenters. The number of hydrogen-bond acceptors (Lipinski definition) is 4. The van der Waals surface area contributed by atoms with E-state index in [-0.39, 0.29) is 17.4 Å². The Labute approximate surface area is 99.3 Å². The van der Waals surface area contributed by atoms with Crippen molar-refractivity contribution in [3.63, 3.8) is 0 Å². The minimum atomic E-state index is -0.886. The molecule has 0 aliphatic heterocycles. The van der Waals surface area contributed by atoms with Crippen LogP contribution in [0.5, 0.6) is 0 Å². The standard InChI is InChI=1S/C10H17N5O2/c1-4-10(2,9(11)14-17)12-8(16)7-5-6-15(3)13-7/h5-6,17H,4H2,1-3H3,(H2,11,14)(H,12,16). The zero-order valence-electron chi connectivity index (χ0n) is 10.1. The second-order valence-corrected chi connectivity index (χ2v) is 4.00. The molecule has 1 aromatic heterocycles. The molecule has 0 bridgehead atoms. The molecule has 0 saturated carbocycles. The van der Waals surface area contributed by atoms with Gasteiger partial charge in [0.2, 0.25) is 0 Å². The van der Waals surface area contributed by atoms with E-state index in [1.165, 1.54) is 4.68 Å². The van der Waals surface area contributed by atoms with Crippen LogP contribution in [0.15, 0.2) is 17.4 Å². The molecule has 4 N–H and O–H groups in total. The fourth-order valence-electron chi connectivity index (χ4n) is 1.29. The summed E-state index contributed by atoms with van der Waals surface area (Å²) in [7, 11) is 1.72. The van der Waals surface area contributed by atoms with E-state index in [1.807, 2.05) is 6.92 Å². The second-order valence-electron chi connectivity index (χ2n) is 4.00. The molecule has 0 saturated heterocycles. The molecule has 1 rings (SSSR count). The molecule has 1 amide bonds. The van der Waals surface area contributed by atoms with E-state index in [2.05, 4.69) is 15.6 Å². The molecular formula is C10H17N5O2. The van der Waals surface area contributed by atoms with E-state index < -0.39 is 5.54 Å². The van der Waals surface area contributed by atoms with Crippen molar-refractivity contribution in [3.8, 4) is 0 Å². The van der Waals surface area contributed by atoms with Crippen LogP contribution < -0.4 is 11.1 Å². The molecule has 7 nitrogen and oxygen atoms in total. The Morgan fingerprint density at radius 2 is 2.41 bits per heavy atom. The number of amidine groups is 1. The number of aryl methyl sites for hydroxylation is 1. The molecule has 1 unspecified atom stereocenters. The van der Waals surface area contributed by atoms with E-state index in [0.29, 0.717) is 6.42 Å². The van der Waals surface area contributed by atoms with Gasteiger partial charge in [0.25, 0.3) is 5.91 Å². The van der Waals surface area contributed by atoms with E-state index in [0.717, 1.165) is 0 Å². The van der Waals surface area contributed by atoms with Crippen molar-refractivity contribution >= 4 is 11.7 Å². The maximum absolute atomic E-state index is 11.9. The average molecular weight is 239 g/mol. The van der Waals surface area contributed by atoms with Gasteiger partial charge in [-0.1, -0.05) is 12.1 Å². The van der Waals surface area contributed by atoms with Crippen molar-refractivity contribution in [2.75, 3.05) is 0 Å². The Hall–Kier alpha value is -2.05. The average Bonchev–Trinajstić information content (AvgIpc) is 2.74. The molecule has 0 aromatic carbocycles. The van der Waals surface area contributed by atoms with Gasteiger partial charge in [-0.2, -0.15) is 5.10 Å². The molecule has 17 heavy (non-hydrogen) atoms. The van der Waals surface area contributed by atoms with Crippen molar-refractivity contribution in [1.82, 2.24) is 15.1 Å². The minimum absolute atomic E-state index is 0.0377. The highest BCUT2D eigenvalue weighted by Gasteiger charge is 2.30. The van der Waals surface area contributed by atoms with Gasteiger partial charge in [-0.25, -0.2) is 0 Å². The van der Waals surface area contributed by atoms with Gasteiger partial charge in [-0.15, -0.1) is 0 Å². The summed E-state index contributed by atoms with van der Waals surface area (Å²) >= 11 is 0. The van der Waals surface area contributed by atoms with Crippen LogP contribution >= 0.6 is 0 Å². The first-order chi connectivity index (χ1) is 7.92. The first kappa shape index (κ1) is 13.0. The Morgan fingerprint density at radius 3 is 2.82 bits per heavy atom. The third-order valence-corrected chi connectivity index (χ3v) is 2.72. The van der Waals surface area contributed by atoms with E-state index in [4.69, 9.17) is 10.9 Å². The summed E-state index contributed by atoms with van der Waals surface area (Å²) in [5, 5.41) is 18.3. The second kappa shape index (κ2) is 4.86. The van der Waals surface area contributed by atoms with Crippen LogP contribution in [-0.2, 0) is 7.05 Å². The Kier molecular flexibility index (Phi) is 3.72. The highest BCUT2D eigenvalue weighted by Crippen LogP contribution is 2.10. The summed E-state index contributed by atoms with van der Waals surface area (Å²) in [5.74, 6) is -0.397. The third-order valence-electron chi connectivity index (χ3n) is 2.72. The zero-order valence-corrected chi connectivity index (χ0v) is 10.1. The van der Waals surface area contributed by atoms with E-state index >= 15 is 0 Å². The van der Waals surface area contributed by atoms with Crippen molar-refractivity contribution in [3.05, 3.63) is 18.0 Å². The van der Waals surface area contributed by atoms with Crippen LogP contribution in [0.4, 0.5) is 0 Å². The largest absolute Gasteiger partial charge is 0.409 e. The number of nitrogens with zero attached hydrogens (tertiary/aromatic N) is 3. The minimum Gasteiger partial charge on any atom is -0.409 e. The van der Waals surface area contributed by atoms with Crippen LogP contribution in [0.1, 0.15) is 30.8 Å². The molecule has 1 heterocycles. The lowest BCUT2D eigenvalue weighted by Gasteiger charge is -2.27. The van der Waals surface area contributed by atoms with Crippen LogP contribution in [0.3, 0.4) is 0 Å². The quantitative estimate of drug-likeness (QED) is 0.299. The van der Waals surface area contributed by atoms with Crippen LogP contribution in [-0.4, -0.2) is 32.3 Å². The van der Waals surface area contributed by atoms with Gasteiger partial charge in [0.15, 0.2) is 5.84 Å². The molecule has 1 aromatic rings. The predicted octanol–water partition coefficient (Wildman–Crippen LogP) is 0.0650. The number of amides is 1. The summed E-state index contributed by atoms with van der Waals surface area (Å²) in [4.78, 5) is 11.9. The SMILES string of the molecule is CCC(C)(NC(=O)c1ccn(C)n1)/C(N)=N/O. The number of rotatable bonds is 4. The molecule has 0 spiro atoms. The summed E-state index contributed by atoms with van der Waals surface area (Å²) in [5.41, 5.74) is 4.96. The number of carbonyl (C=O) groups excluding carboxylic acids is 1. The monoisotopic (exact) mass is 239 g/mol. The summed E-state index contributed by atoms with van der Waals surface area (Å²) in [6.07, 6.45) is 2.17. The molecule has 0 aliphatic rings. The molecule has 7 heteroatoms. The van der Waals surface area contributed by atoms with Crippen LogP contribution in [0, 0.1) is 0 Å². The van der Waals surface area contributed by atoms with Gasteiger partial charge in [0, 0.05) is 13.2 Å². The van der Waals surface area contributed by atoms with Gasteiger partial charge in [0.05, 0.1) is 5.54 Å². The van der Waals surface area contributed by atoms with Crippen molar-refractivity contribution in [1.29, 1.82) is 0 Å². The lowest BCUT2D eigenvalue weighted by molar-refractivity contribution is 0.0919. The summed E-state index contributed by atoms with van der Waals surface area (Å²) in [6, 6.07) is 1.59. The zero-order chi connectivity index (χ0) is 13.1. The third kappa shape index (κ3) is 2.74. The fourth-order valence-corrected chi connectivity index (χ4v) is 1.29. The normalized spacial score (nSPS) is 15.4. The number of nitrogens with two attached hydrogens (primary N) is 1. The Balaban J connectivity index is 2.86. The Bertz CT molecular complexity index is 440. The summed E-state index contributed by atoms with van der Waals surface area (Å²) in [6.45, 7) is 3.51. The van der Waals surface area contributed by atoms with E-state index in [1.54, 1.807) is 26.2 Å². The number of oxime groups is 1. The number of nitrogens with one attached hydrogen (secondary N) is 1. The first-order valence-corrected chi connectivity index (χ1v) is 5.23. The number of hydrogen-bond donors (Lipinski definition) is 3. The van der Waals surface area contributed by atoms with Gasteiger partial charge in [0.1, 0.15) is 5.69 Å². The van der Waals surface area contributed by atoms with Gasteiger partial charge in [-0.3, -0.25) is 9.48 Å². The highest BCUT2D eigenvalue weighted by molar-refractivity contribution is 5.98. The molecule has 0 fully saturated rings. The smallest absolute Gasteiger partial charge is 0.272 e. The maximum Gasteiger partial charge on any atom is 0.272 e. The summed E-state index contributed by atoms with van der Waals surface area (Å²) < 4.78 is 1.53. The predicted molar refractivity (Wildman–Crippen MR) is 62.8 cm³/mol. The molecule has 94 valence electrons. The maximum atomic E-state index is 11.9.